The Balaban J connectivity index is 0.929. The molecule has 314 valence electrons. The van der Waals surface area contributed by atoms with Gasteiger partial charge in [-0.1, -0.05) is 206 Å². The van der Waals surface area contributed by atoms with Gasteiger partial charge < -0.3 is 9.13 Å². The van der Waals surface area contributed by atoms with E-state index in [0.29, 0.717) is 0 Å². The predicted molar refractivity (Wildman–Crippen MR) is 287 cm³/mol. The van der Waals surface area contributed by atoms with Crippen molar-refractivity contribution >= 4 is 83.2 Å². The fourth-order valence-electron chi connectivity index (χ4n) is 11.0. The van der Waals surface area contributed by atoms with Gasteiger partial charge in [0.15, 0.2) is 8.07 Å². The minimum absolute atomic E-state index is 1.15. The summed E-state index contributed by atoms with van der Waals surface area (Å²) in [5.74, 6) is 0. The highest BCUT2D eigenvalue weighted by Crippen LogP contribution is 2.38. The Hall–Kier alpha value is -8.50. The maximum atomic E-state index is 2.51. The smallest absolute Gasteiger partial charge is 0.179 e. The number of benzene rings is 11. The van der Waals surface area contributed by atoms with Crippen molar-refractivity contribution in [2.75, 3.05) is 0 Å². The van der Waals surface area contributed by atoms with Crippen LogP contribution in [0.2, 0.25) is 0 Å². The molecule has 13 rings (SSSR count). The average molecular weight is 869 g/mol. The molecule has 2 nitrogen and oxygen atoms in total. The molecule has 0 spiro atoms. The summed E-state index contributed by atoms with van der Waals surface area (Å²) >= 11 is 0. The summed E-state index contributed by atoms with van der Waals surface area (Å²) in [4.78, 5) is 0. The lowest BCUT2D eigenvalue weighted by Gasteiger charge is -2.34. The van der Waals surface area contributed by atoms with E-state index in [9.17, 15) is 0 Å². The molecule has 0 bridgehead atoms. The van der Waals surface area contributed by atoms with Crippen molar-refractivity contribution in [3.05, 3.63) is 267 Å². The molecule has 3 heteroatoms. The fourth-order valence-corrected chi connectivity index (χ4v) is 15.7. The van der Waals surface area contributed by atoms with E-state index in [-0.39, 0.29) is 0 Å². The molecule has 0 saturated carbocycles. The minimum atomic E-state index is -2.75. The van der Waals surface area contributed by atoms with Crippen LogP contribution in [0.1, 0.15) is 0 Å². The highest BCUT2D eigenvalue weighted by molar-refractivity contribution is 7.20. The number of aromatic nitrogens is 2. The van der Waals surface area contributed by atoms with Crippen molar-refractivity contribution < 1.29 is 0 Å². The summed E-state index contributed by atoms with van der Waals surface area (Å²) in [6.45, 7) is 0. The van der Waals surface area contributed by atoms with Crippen molar-refractivity contribution in [2.45, 2.75) is 0 Å². The summed E-state index contributed by atoms with van der Waals surface area (Å²) < 4.78 is 4.87. The van der Waals surface area contributed by atoms with Gasteiger partial charge in [-0.15, -0.1) is 0 Å². The molecule has 2 aromatic heterocycles. The van der Waals surface area contributed by atoms with E-state index in [1.54, 1.807) is 0 Å². The normalized spacial score (nSPS) is 11.9. The SMILES string of the molecule is c1ccc(-n2c3ccc(-c4ccc(-c5ccc6c(c5)c5ccccc5n6-c5ccc6ccccc6c5)cc4)cc3c3ccc([Si](c4ccccc4)(c4ccccc4)c4ccccc4)cc32)cc1. The molecule has 2 heterocycles. The van der Waals surface area contributed by atoms with Gasteiger partial charge in [0, 0.05) is 32.9 Å². The first-order valence-electron chi connectivity index (χ1n) is 23.2. The number of rotatable bonds is 8. The van der Waals surface area contributed by atoms with E-state index in [1.807, 2.05) is 0 Å². The summed E-state index contributed by atoms with van der Waals surface area (Å²) in [7, 11) is -2.75. The molecule has 0 fully saturated rings. The molecule has 0 N–H and O–H groups in total. The molecule has 0 atom stereocenters. The van der Waals surface area contributed by atoms with Crippen LogP contribution in [0.3, 0.4) is 0 Å². The number of para-hydroxylation sites is 2. The van der Waals surface area contributed by atoms with Crippen LogP contribution in [0.25, 0.3) is 88.0 Å². The van der Waals surface area contributed by atoms with Gasteiger partial charge in [0.25, 0.3) is 0 Å². The topological polar surface area (TPSA) is 9.86 Å². The van der Waals surface area contributed by atoms with Crippen LogP contribution >= 0.6 is 0 Å². The summed E-state index contributed by atoms with van der Waals surface area (Å²) in [6, 6.07) is 99.0. The molecule has 11 aromatic carbocycles. The first kappa shape index (κ1) is 38.9. The monoisotopic (exact) mass is 868 g/mol. The van der Waals surface area contributed by atoms with Crippen LogP contribution in [-0.2, 0) is 0 Å². The standard InChI is InChI=1S/C64H44N2Si/c1-5-19-51(20-6-1)65-62-39-34-50(43-60(62)58-38-37-56(44-64(58)65)67(53-21-7-2-8-22-53,54-23-9-3-10-24-54)55-25-11-4-12-26-55)47-31-29-46(30-32-47)49-35-40-63-59(42-49)57-27-15-16-28-61(57)66(63)52-36-33-45-17-13-14-18-48(45)41-52/h1-44H. The molecule has 0 radical (unpaired) electrons. The van der Waals surface area contributed by atoms with E-state index < -0.39 is 8.07 Å². The average Bonchev–Trinajstić information content (AvgIpc) is 3.92. The van der Waals surface area contributed by atoms with E-state index >= 15 is 0 Å². The zero-order valence-corrected chi connectivity index (χ0v) is 37.8. The Bertz CT molecular complexity index is 3850. The van der Waals surface area contributed by atoms with Crippen molar-refractivity contribution in [3.8, 4) is 33.6 Å². The lowest BCUT2D eigenvalue weighted by molar-refractivity contribution is 1.18. The Kier molecular flexibility index (Phi) is 9.22. The highest BCUT2D eigenvalue weighted by Gasteiger charge is 2.41. The van der Waals surface area contributed by atoms with Crippen LogP contribution in [-0.4, -0.2) is 17.2 Å². The molecular weight excluding hydrogens is 825 g/mol. The Morgan fingerprint density at radius 3 is 1.25 bits per heavy atom. The zero-order chi connectivity index (χ0) is 44.3. The molecular formula is C64H44N2Si. The van der Waals surface area contributed by atoms with Gasteiger partial charge in [-0.05, 0) is 114 Å². The van der Waals surface area contributed by atoms with Gasteiger partial charge in [0.1, 0.15) is 0 Å². The Morgan fingerprint density at radius 2 is 0.672 bits per heavy atom. The van der Waals surface area contributed by atoms with Crippen LogP contribution in [0, 0.1) is 0 Å². The third-order valence-corrected chi connectivity index (χ3v) is 18.8. The van der Waals surface area contributed by atoms with Crippen LogP contribution < -0.4 is 20.7 Å². The quantitative estimate of drug-likeness (QED) is 0.106. The van der Waals surface area contributed by atoms with Crippen molar-refractivity contribution in [1.82, 2.24) is 9.13 Å². The lowest BCUT2D eigenvalue weighted by Crippen LogP contribution is -2.74. The van der Waals surface area contributed by atoms with E-state index in [1.165, 1.54) is 103 Å². The van der Waals surface area contributed by atoms with Gasteiger partial charge in [-0.3, -0.25) is 0 Å². The van der Waals surface area contributed by atoms with Gasteiger partial charge in [0.2, 0.25) is 0 Å². The second-order valence-corrected chi connectivity index (χ2v) is 21.5. The van der Waals surface area contributed by atoms with Crippen molar-refractivity contribution in [1.29, 1.82) is 0 Å². The molecule has 67 heavy (non-hydrogen) atoms. The predicted octanol–water partition coefficient (Wildman–Crippen LogP) is 13.7. The van der Waals surface area contributed by atoms with E-state index in [4.69, 9.17) is 0 Å². The molecule has 0 unspecified atom stereocenters. The van der Waals surface area contributed by atoms with Crippen LogP contribution in [0.15, 0.2) is 267 Å². The Labute approximate surface area is 390 Å². The van der Waals surface area contributed by atoms with Gasteiger partial charge >= 0.3 is 0 Å². The lowest BCUT2D eigenvalue weighted by atomic mass is 9.98. The Morgan fingerprint density at radius 1 is 0.224 bits per heavy atom. The fraction of sp³-hybridized carbons (Fsp3) is 0. The van der Waals surface area contributed by atoms with E-state index in [2.05, 4.69) is 276 Å². The molecule has 0 amide bonds. The minimum Gasteiger partial charge on any atom is -0.309 e. The zero-order valence-electron chi connectivity index (χ0n) is 36.8. The second kappa shape index (κ2) is 15.9. The number of nitrogens with zero attached hydrogens (tertiary/aromatic N) is 2. The maximum absolute atomic E-state index is 2.75. The van der Waals surface area contributed by atoms with Crippen LogP contribution in [0.5, 0.6) is 0 Å². The summed E-state index contributed by atoms with van der Waals surface area (Å²) in [5, 5.41) is 13.0. The number of hydrogen-bond donors (Lipinski definition) is 0. The van der Waals surface area contributed by atoms with Gasteiger partial charge in [-0.2, -0.15) is 0 Å². The first-order chi connectivity index (χ1) is 33.2. The second-order valence-electron chi connectivity index (χ2n) is 17.7. The maximum Gasteiger partial charge on any atom is 0.179 e. The van der Waals surface area contributed by atoms with Crippen molar-refractivity contribution in [2.24, 2.45) is 0 Å². The largest absolute Gasteiger partial charge is 0.309 e. The third-order valence-electron chi connectivity index (χ3n) is 14.0. The van der Waals surface area contributed by atoms with Gasteiger partial charge in [0.05, 0.1) is 22.1 Å². The van der Waals surface area contributed by atoms with Gasteiger partial charge in [-0.25, -0.2) is 0 Å². The third kappa shape index (κ3) is 6.31. The molecule has 0 saturated heterocycles. The first-order valence-corrected chi connectivity index (χ1v) is 25.2. The molecule has 13 aromatic rings. The number of fused-ring (bicyclic) bond motifs is 7. The molecule has 0 aliphatic carbocycles. The van der Waals surface area contributed by atoms with Crippen molar-refractivity contribution in [3.63, 3.8) is 0 Å². The molecule has 0 aliphatic rings. The molecule has 0 aliphatic heterocycles. The highest BCUT2D eigenvalue weighted by atomic mass is 28.3. The van der Waals surface area contributed by atoms with E-state index in [0.717, 1.165) is 5.69 Å². The number of hydrogen-bond acceptors (Lipinski definition) is 0. The summed E-state index contributed by atoms with van der Waals surface area (Å²) in [5.41, 5.74) is 12.0. The summed E-state index contributed by atoms with van der Waals surface area (Å²) in [6.07, 6.45) is 0. The van der Waals surface area contributed by atoms with Crippen LogP contribution in [0.4, 0.5) is 0 Å².